The summed E-state index contributed by atoms with van der Waals surface area (Å²) in [5.41, 5.74) is -0.941. The van der Waals surface area contributed by atoms with Gasteiger partial charge in [-0.25, -0.2) is 0 Å². The largest absolute Gasteiger partial charge is 0.396 e. The average Bonchev–Trinajstić information content (AvgIpc) is 3.09. The zero-order chi connectivity index (χ0) is 34.4. The van der Waals surface area contributed by atoms with E-state index in [-0.39, 0.29) is 25.9 Å². The molecule has 0 radical (unpaired) electrons. The Morgan fingerprint density at radius 2 is 0.574 bits per heavy atom. The molecule has 0 aliphatic rings. The predicted molar refractivity (Wildman–Crippen MR) is 206 cm³/mol. The number of ether oxygens (including phenoxy) is 1. The lowest BCUT2D eigenvalue weighted by molar-refractivity contribution is -0.117. The van der Waals surface area contributed by atoms with Gasteiger partial charge in [-0.1, -0.05) is 226 Å². The molecule has 0 spiro atoms. The Labute approximate surface area is 296 Å². The highest BCUT2D eigenvalue weighted by Crippen LogP contribution is 2.28. The summed E-state index contributed by atoms with van der Waals surface area (Å²) in [6, 6.07) is 0. The fourth-order valence-corrected chi connectivity index (χ4v) is 7.13. The molecule has 3 N–H and O–H groups in total. The molecular weight excluding hydrogens is 580 g/mol. The van der Waals surface area contributed by atoms with E-state index in [1.165, 1.54) is 199 Å². The number of aliphatic hydroxyl groups is 3. The van der Waals surface area contributed by atoms with Crippen LogP contribution in [0.15, 0.2) is 0 Å². The number of rotatable bonds is 41. The molecule has 47 heavy (non-hydrogen) atoms. The van der Waals surface area contributed by atoms with Crippen LogP contribution in [0.1, 0.15) is 239 Å². The first-order chi connectivity index (χ1) is 23.2. The standard InChI is InChI=1S/C43H88O4/c1-3-5-7-9-11-13-15-17-19-21-23-25-27-29-31-33-35-37-42(43(39-44,40-45)41-46)47-38-36-34-32-30-28-26-24-22-20-18-16-14-12-10-8-6-4-2/h42,44-46H,3-41H2,1-2H3. The summed E-state index contributed by atoms with van der Waals surface area (Å²) in [5.74, 6) is 0. The molecule has 4 nitrogen and oxygen atoms in total. The van der Waals surface area contributed by atoms with Crippen molar-refractivity contribution in [3.05, 3.63) is 0 Å². The van der Waals surface area contributed by atoms with Gasteiger partial charge in [0.1, 0.15) is 0 Å². The van der Waals surface area contributed by atoms with E-state index in [0.29, 0.717) is 6.61 Å². The Morgan fingerprint density at radius 1 is 0.340 bits per heavy atom. The summed E-state index contributed by atoms with van der Waals surface area (Å²) in [5, 5.41) is 30.1. The van der Waals surface area contributed by atoms with Crippen molar-refractivity contribution in [2.75, 3.05) is 26.4 Å². The maximum atomic E-state index is 10.0. The van der Waals surface area contributed by atoms with E-state index in [0.717, 1.165) is 25.7 Å². The van der Waals surface area contributed by atoms with E-state index in [9.17, 15) is 15.3 Å². The van der Waals surface area contributed by atoms with E-state index in [1.807, 2.05) is 0 Å². The maximum Gasteiger partial charge on any atom is 0.0697 e. The summed E-state index contributed by atoms with van der Waals surface area (Å²) < 4.78 is 6.25. The van der Waals surface area contributed by atoms with Crippen LogP contribution in [0.3, 0.4) is 0 Å². The highest BCUT2D eigenvalue weighted by atomic mass is 16.5. The predicted octanol–water partition coefficient (Wildman–Crippen LogP) is 13.0. The lowest BCUT2D eigenvalue weighted by Gasteiger charge is -2.36. The third-order valence-electron chi connectivity index (χ3n) is 10.8. The second-order valence-electron chi connectivity index (χ2n) is 15.3. The van der Waals surface area contributed by atoms with Crippen molar-refractivity contribution < 1.29 is 20.1 Å². The van der Waals surface area contributed by atoms with Gasteiger partial charge in [0.2, 0.25) is 0 Å². The molecule has 284 valence electrons. The van der Waals surface area contributed by atoms with E-state index >= 15 is 0 Å². The van der Waals surface area contributed by atoms with Crippen molar-refractivity contribution in [2.24, 2.45) is 5.41 Å². The fourth-order valence-electron chi connectivity index (χ4n) is 7.13. The van der Waals surface area contributed by atoms with Crippen molar-refractivity contribution in [1.29, 1.82) is 0 Å². The van der Waals surface area contributed by atoms with E-state index < -0.39 is 5.41 Å². The molecule has 1 unspecified atom stereocenters. The Balaban J connectivity index is 3.78. The van der Waals surface area contributed by atoms with Crippen molar-refractivity contribution in [3.63, 3.8) is 0 Å². The van der Waals surface area contributed by atoms with E-state index in [1.54, 1.807) is 0 Å². The third kappa shape index (κ3) is 30.4. The van der Waals surface area contributed by atoms with Gasteiger partial charge in [-0.3, -0.25) is 0 Å². The molecule has 0 aliphatic heterocycles. The Bertz CT molecular complexity index is 556. The first-order valence-electron chi connectivity index (χ1n) is 21.6. The van der Waals surface area contributed by atoms with Crippen molar-refractivity contribution in [2.45, 2.75) is 245 Å². The van der Waals surface area contributed by atoms with Gasteiger partial charge < -0.3 is 20.1 Å². The summed E-state index contributed by atoms with van der Waals surface area (Å²) in [4.78, 5) is 0. The quantitative estimate of drug-likeness (QED) is 0.0567. The molecular formula is C43H88O4. The first kappa shape index (κ1) is 46.8. The molecule has 4 heteroatoms. The minimum atomic E-state index is -0.941. The number of hydrogen-bond donors (Lipinski definition) is 3. The molecule has 0 saturated carbocycles. The lowest BCUT2D eigenvalue weighted by atomic mass is 9.81. The SMILES string of the molecule is CCCCCCCCCCCCCCCCCCCOC(CCCCCCCCCCCCCCCCCCC)C(CO)(CO)CO. The van der Waals surface area contributed by atoms with Crippen molar-refractivity contribution in [3.8, 4) is 0 Å². The van der Waals surface area contributed by atoms with Crippen LogP contribution in [-0.4, -0.2) is 47.9 Å². The molecule has 0 aliphatic carbocycles. The highest BCUT2D eigenvalue weighted by molar-refractivity contribution is 4.86. The van der Waals surface area contributed by atoms with Crippen LogP contribution in [0.4, 0.5) is 0 Å². The number of unbranched alkanes of at least 4 members (excludes halogenated alkanes) is 32. The molecule has 1 atom stereocenters. The van der Waals surface area contributed by atoms with E-state index in [2.05, 4.69) is 13.8 Å². The van der Waals surface area contributed by atoms with Crippen LogP contribution in [0.2, 0.25) is 0 Å². The lowest BCUT2D eigenvalue weighted by Crippen LogP contribution is -2.46. The first-order valence-corrected chi connectivity index (χ1v) is 21.6. The molecule has 0 fully saturated rings. The summed E-state index contributed by atoms with van der Waals surface area (Å²) >= 11 is 0. The van der Waals surface area contributed by atoms with Gasteiger partial charge in [0, 0.05) is 6.61 Å². The van der Waals surface area contributed by atoms with Crippen molar-refractivity contribution in [1.82, 2.24) is 0 Å². The molecule has 0 aromatic rings. The molecule has 0 rings (SSSR count). The molecule has 0 amide bonds. The maximum absolute atomic E-state index is 10.0. The Kier molecular flexibility index (Phi) is 38.5. The Hall–Kier alpha value is -0.160. The molecule has 0 aromatic heterocycles. The summed E-state index contributed by atoms with van der Waals surface area (Å²) in [6.45, 7) is 4.53. The third-order valence-corrected chi connectivity index (χ3v) is 10.8. The van der Waals surface area contributed by atoms with Gasteiger partial charge in [0.15, 0.2) is 0 Å². The topological polar surface area (TPSA) is 69.9 Å². The fraction of sp³-hybridized carbons (Fsp3) is 1.00. The summed E-state index contributed by atoms with van der Waals surface area (Å²) in [7, 11) is 0. The smallest absolute Gasteiger partial charge is 0.0697 e. The number of hydrogen-bond acceptors (Lipinski definition) is 4. The zero-order valence-electron chi connectivity index (χ0n) is 32.4. The Morgan fingerprint density at radius 3 is 0.830 bits per heavy atom. The van der Waals surface area contributed by atoms with Crippen molar-refractivity contribution >= 4 is 0 Å². The van der Waals surface area contributed by atoms with Gasteiger partial charge in [-0.2, -0.15) is 0 Å². The van der Waals surface area contributed by atoms with Crippen LogP contribution in [0.25, 0.3) is 0 Å². The molecule has 0 bridgehead atoms. The van der Waals surface area contributed by atoms with E-state index in [4.69, 9.17) is 4.74 Å². The highest BCUT2D eigenvalue weighted by Gasteiger charge is 2.38. The molecule has 0 aromatic carbocycles. The molecule has 0 heterocycles. The monoisotopic (exact) mass is 669 g/mol. The van der Waals surface area contributed by atoms with Gasteiger partial charge in [-0.15, -0.1) is 0 Å². The van der Waals surface area contributed by atoms with Gasteiger partial charge >= 0.3 is 0 Å². The summed E-state index contributed by atoms with van der Waals surface area (Å²) in [6.07, 6.45) is 46.6. The average molecular weight is 669 g/mol. The van der Waals surface area contributed by atoms with Gasteiger partial charge in [0.25, 0.3) is 0 Å². The minimum absolute atomic E-state index is 0.233. The molecule has 0 saturated heterocycles. The van der Waals surface area contributed by atoms with Crippen LogP contribution in [-0.2, 0) is 4.74 Å². The van der Waals surface area contributed by atoms with Crippen LogP contribution < -0.4 is 0 Å². The second kappa shape index (κ2) is 38.6. The van der Waals surface area contributed by atoms with Crippen LogP contribution in [0, 0.1) is 5.41 Å². The van der Waals surface area contributed by atoms with Gasteiger partial charge in [0.05, 0.1) is 31.3 Å². The normalized spacial score (nSPS) is 12.7. The number of aliphatic hydroxyl groups excluding tert-OH is 3. The van der Waals surface area contributed by atoms with Gasteiger partial charge in [-0.05, 0) is 12.8 Å². The van der Waals surface area contributed by atoms with Crippen LogP contribution >= 0.6 is 0 Å². The van der Waals surface area contributed by atoms with Crippen LogP contribution in [0.5, 0.6) is 0 Å². The zero-order valence-corrected chi connectivity index (χ0v) is 32.4. The minimum Gasteiger partial charge on any atom is -0.396 e. The second-order valence-corrected chi connectivity index (χ2v) is 15.3.